The highest BCUT2D eigenvalue weighted by Gasteiger charge is 2.16. The number of hydrogen-bond acceptors (Lipinski definition) is 7. The summed E-state index contributed by atoms with van der Waals surface area (Å²) in [4.78, 5) is 20.7. The minimum Gasteiger partial charge on any atom is -0.444 e. The number of benzene rings is 1. The van der Waals surface area contributed by atoms with Gasteiger partial charge in [-0.25, -0.2) is 4.98 Å². The van der Waals surface area contributed by atoms with E-state index in [1.54, 1.807) is 6.20 Å². The quantitative estimate of drug-likeness (QED) is 0.606. The summed E-state index contributed by atoms with van der Waals surface area (Å²) in [5, 5.41) is 11.7. The van der Waals surface area contributed by atoms with E-state index in [-0.39, 0.29) is 5.69 Å². The molecule has 1 amide bonds. The molecule has 0 atom stereocenters. The van der Waals surface area contributed by atoms with Crippen LogP contribution in [0.25, 0.3) is 22.2 Å². The van der Waals surface area contributed by atoms with E-state index in [0.717, 1.165) is 5.56 Å². The molecule has 0 saturated heterocycles. The van der Waals surface area contributed by atoms with Crippen LogP contribution in [-0.4, -0.2) is 26.1 Å². The molecule has 0 unspecified atom stereocenters. The molecule has 1 aromatic carbocycles. The summed E-state index contributed by atoms with van der Waals surface area (Å²) in [5.41, 5.74) is 1.68. The zero-order chi connectivity index (χ0) is 17.1. The summed E-state index contributed by atoms with van der Waals surface area (Å²) in [6.07, 6.45) is 2.99. The maximum atomic E-state index is 12.3. The molecule has 25 heavy (non-hydrogen) atoms. The van der Waals surface area contributed by atoms with Crippen molar-refractivity contribution in [3.63, 3.8) is 0 Å². The number of nitrogens with one attached hydrogen (secondary N) is 1. The predicted molar refractivity (Wildman–Crippen MR) is 93.0 cm³/mol. The van der Waals surface area contributed by atoms with Crippen LogP contribution in [0, 0.1) is 0 Å². The Labute approximate surface area is 146 Å². The van der Waals surface area contributed by atoms with Crippen molar-refractivity contribution in [1.82, 2.24) is 20.2 Å². The molecule has 0 aliphatic carbocycles. The third-order valence-electron chi connectivity index (χ3n) is 3.29. The largest absolute Gasteiger partial charge is 0.444 e. The van der Waals surface area contributed by atoms with Gasteiger partial charge in [0.25, 0.3) is 5.91 Å². The molecule has 1 N–H and O–H groups in total. The molecule has 0 spiro atoms. The molecule has 0 aliphatic heterocycles. The Bertz CT molecular complexity index is 998. The van der Waals surface area contributed by atoms with Crippen molar-refractivity contribution in [1.29, 1.82) is 0 Å². The maximum Gasteiger partial charge on any atom is 0.279 e. The van der Waals surface area contributed by atoms with Crippen LogP contribution in [0.15, 0.2) is 65.4 Å². The summed E-state index contributed by atoms with van der Waals surface area (Å²) in [6, 6.07) is 14.9. The first-order valence-corrected chi connectivity index (χ1v) is 8.18. The Morgan fingerprint density at radius 2 is 1.88 bits per heavy atom. The summed E-state index contributed by atoms with van der Waals surface area (Å²) in [7, 11) is 0. The van der Waals surface area contributed by atoms with E-state index >= 15 is 0 Å². The summed E-state index contributed by atoms with van der Waals surface area (Å²) in [5.74, 6) is -0.0214. The van der Waals surface area contributed by atoms with E-state index < -0.39 is 5.91 Å². The van der Waals surface area contributed by atoms with Gasteiger partial charge in [0.1, 0.15) is 12.0 Å². The number of hydrogen-bond donors (Lipinski definition) is 1. The lowest BCUT2D eigenvalue weighted by molar-refractivity contribution is 0.102. The van der Waals surface area contributed by atoms with Crippen molar-refractivity contribution in [2.75, 3.05) is 5.32 Å². The Morgan fingerprint density at radius 3 is 2.68 bits per heavy atom. The van der Waals surface area contributed by atoms with Crippen LogP contribution in [-0.2, 0) is 0 Å². The number of amides is 1. The maximum absolute atomic E-state index is 12.3. The van der Waals surface area contributed by atoms with Gasteiger partial charge in [-0.1, -0.05) is 35.6 Å². The number of oxazole rings is 1. The normalized spacial score (nSPS) is 10.6. The zero-order valence-corrected chi connectivity index (χ0v) is 13.6. The molecular formula is C17H11N5O2S. The first kappa shape index (κ1) is 15.2. The number of rotatable bonds is 4. The first-order valence-electron chi connectivity index (χ1n) is 7.37. The van der Waals surface area contributed by atoms with Gasteiger partial charge in [0.15, 0.2) is 10.7 Å². The molecule has 0 radical (unpaired) electrons. The van der Waals surface area contributed by atoms with E-state index in [9.17, 15) is 4.79 Å². The van der Waals surface area contributed by atoms with Crippen LogP contribution in [0.4, 0.5) is 5.13 Å². The minimum atomic E-state index is -0.408. The van der Waals surface area contributed by atoms with E-state index in [1.165, 1.54) is 17.6 Å². The molecule has 0 saturated carbocycles. The second kappa shape index (κ2) is 6.62. The molecule has 4 rings (SSSR count). The van der Waals surface area contributed by atoms with Gasteiger partial charge in [0.05, 0.1) is 0 Å². The lowest BCUT2D eigenvalue weighted by atomic mass is 10.2. The number of nitrogens with zero attached hydrogens (tertiary/aromatic N) is 4. The average Bonchev–Trinajstić information content (AvgIpc) is 3.33. The lowest BCUT2D eigenvalue weighted by Crippen LogP contribution is -2.12. The monoisotopic (exact) mass is 349 g/mol. The van der Waals surface area contributed by atoms with Crippen molar-refractivity contribution >= 4 is 22.4 Å². The van der Waals surface area contributed by atoms with Gasteiger partial charge >= 0.3 is 0 Å². The van der Waals surface area contributed by atoms with E-state index in [1.807, 2.05) is 48.5 Å². The molecule has 3 heterocycles. The van der Waals surface area contributed by atoms with Gasteiger partial charge in [0, 0.05) is 11.8 Å². The van der Waals surface area contributed by atoms with Crippen molar-refractivity contribution in [3.8, 4) is 22.2 Å². The van der Waals surface area contributed by atoms with E-state index in [0.29, 0.717) is 21.7 Å². The van der Waals surface area contributed by atoms with Gasteiger partial charge in [0.2, 0.25) is 11.0 Å². The van der Waals surface area contributed by atoms with Crippen LogP contribution in [0.3, 0.4) is 0 Å². The van der Waals surface area contributed by atoms with Gasteiger partial charge < -0.3 is 4.42 Å². The topological polar surface area (TPSA) is 93.8 Å². The first-order chi connectivity index (χ1) is 12.3. The number of carbonyl (C=O) groups is 1. The lowest BCUT2D eigenvalue weighted by Gasteiger charge is -1.96. The highest BCUT2D eigenvalue weighted by atomic mass is 32.1. The van der Waals surface area contributed by atoms with Crippen molar-refractivity contribution in [3.05, 3.63) is 66.7 Å². The Kier molecular flexibility index (Phi) is 4.01. The third-order valence-corrected chi connectivity index (χ3v) is 4.15. The van der Waals surface area contributed by atoms with Crippen molar-refractivity contribution in [2.45, 2.75) is 0 Å². The van der Waals surface area contributed by atoms with Crippen molar-refractivity contribution < 1.29 is 9.21 Å². The van der Waals surface area contributed by atoms with Crippen LogP contribution in [0.2, 0.25) is 0 Å². The van der Waals surface area contributed by atoms with Crippen LogP contribution >= 0.6 is 11.3 Å². The third kappa shape index (κ3) is 3.29. The summed E-state index contributed by atoms with van der Waals surface area (Å²) in [6.45, 7) is 0. The smallest absolute Gasteiger partial charge is 0.279 e. The number of anilines is 1. The van der Waals surface area contributed by atoms with Crippen LogP contribution < -0.4 is 5.32 Å². The predicted octanol–water partition coefficient (Wildman–Crippen LogP) is 3.51. The molecule has 0 aliphatic rings. The minimum absolute atomic E-state index is 0.174. The number of pyridine rings is 1. The standard InChI is InChI=1S/C17H11N5O2S/c23-14(13-10-24-15(19-13)11-6-2-1-3-7-11)20-17-22-21-16(25-17)12-8-4-5-9-18-12/h1-10H,(H,20,22,23). The Balaban J connectivity index is 1.50. The molecule has 4 aromatic rings. The summed E-state index contributed by atoms with van der Waals surface area (Å²) < 4.78 is 5.37. The van der Waals surface area contributed by atoms with Gasteiger partial charge in [-0.2, -0.15) is 0 Å². The molecule has 0 fully saturated rings. The molecule has 3 aromatic heterocycles. The molecular weight excluding hydrogens is 338 g/mol. The van der Waals surface area contributed by atoms with Gasteiger partial charge in [-0.3, -0.25) is 15.1 Å². The van der Waals surface area contributed by atoms with Crippen LogP contribution in [0.5, 0.6) is 0 Å². The van der Waals surface area contributed by atoms with Gasteiger partial charge in [-0.15, -0.1) is 10.2 Å². The highest BCUT2D eigenvalue weighted by Crippen LogP contribution is 2.25. The fourth-order valence-corrected chi connectivity index (χ4v) is 2.83. The number of carbonyl (C=O) groups excluding carboxylic acids is 1. The highest BCUT2D eigenvalue weighted by molar-refractivity contribution is 7.18. The molecule has 0 bridgehead atoms. The second-order valence-electron chi connectivity index (χ2n) is 4.99. The van der Waals surface area contributed by atoms with E-state index in [4.69, 9.17) is 4.42 Å². The number of aromatic nitrogens is 4. The fraction of sp³-hybridized carbons (Fsp3) is 0. The van der Waals surface area contributed by atoms with Gasteiger partial charge in [-0.05, 0) is 24.3 Å². The van der Waals surface area contributed by atoms with E-state index in [2.05, 4.69) is 25.5 Å². The van der Waals surface area contributed by atoms with Crippen LogP contribution in [0.1, 0.15) is 10.5 Å². The molecule has 8 heteroatoms. The SMILES string of the molecule is O=C(Nc1nnc(-c2ccccn2)s1)c1coc(-c2ccccc2)n1. The molecule has 7 nitrogen and oxygen atoms in total. The second-order valence-corrected chi connectivity index (χ2v) is 5.96. The van der Waals surface area contributed by atoms with Crippen molar-refractivity contribution in [2.24, 2.45) is 0 Å². The Morgan fingerprint density at radius 1 is 1.04 bits per heavy atom. The summed E-state index contributed by atoms with van der Waals surface area (Å²) >= 11 is 1.24. The Hall–Kier alpha value is -3.39. The fourth-order valence-electron chi connectivity index (χ4n) is 2.12. The molecule has 122 valence electrons. The average molecular weight is 349 g/mol. The zero-order valence-electron chi connectivity index (χ0n) is 12.8.